The smallest absolute Gasteiger partial charge is 0.329 e. The van der Waals surface area contributed by atoms with Gasteiger partial charge in [-0.15, -0.1) is 0 Å². The monoisotopic (exact) mass is 458 g/mol. The van der Waals surface area contributed by atoms with Crippen molar-refractivity contribution < 1.29 is 19.1 Å². The molecular weight excluding hydrogens is 424 g/mol. The Morgan fingerprint density at radius 1 is 1.31 bits per heavy atom. The molecule has 1 aromatic carbocycles. The van der Waals surface area contributed by atoms with Crippen LogP contribution in [0.3, 0.4) is 0 Å². The lowest BCUT2D eigenvalue weighted by atomic mass is 9.79. The summed E-state index contributed by atoms with van der Waals surface area (Å²) >= 11 is 0.876. The number of thioether (sulfide) groups is 1. The van der Waals surface area contributed by atoms with Gasteiger partial charge in [-0.1, -0.05) is 13.8 Å². The first-order valence-electron chi connectivity index (χ1n) is 11.4. The summed E-state index contributed by atoms with van der Waals surface area (Å²) in [5.41, 5.74) is 4.60. The molecule has 2 unspecified atom stereocenters. The summed E-state index contributed by atoms with van der Waals surface area (Å²) in [5, 5.41) is -0.443. The Kier molecular flexibility index (Phi) is 7.08. The molecule has 1 saturated heterocycles. The van der Waals surface area contributed by atoms with Gasteiger partial charge in [-0.05, 0) is 100 Å². The summed E-state index contributed by atoms with van der Waals surface area (Å²) in [6, 6.07) is 3.43. The largest absolute Gasteiger partial charge is 0.464 e. The number of aryl methyl sites for hydroxylation is 1. The van der Waals surface area contributed by atoms with Gasteiger partial charge in [0.25, 0.3) is 11.1 Å². The third-order valence-corrected chi connectivity index (χ3v) is 7.23. The molecule has 3 rings (SSSR count). The van der Waals surface area contributed by atoms with Crippen LogP contribution in [0.2, 0.25) is 0 Å². The van der Waals surface area contributed by atoms with Crippen LogP contribution in [0.25, 0.3) is 6.08 Å². The molecule has 0 aromatic heterocycles. The van der Waals surface area contributed by atoms with E-state index in [1.807, 2.05) is 6.92 Å². The molecule has 0 radical (unpaired) electrons. The molecule has 7 heteroatoms. The minimum Gasteiger partial charge on any atom is -0.464 e. The van der Waals surface area contributed by atoms with Gasteiger partial charge in [0, 0.05) is 17.8 Å². The van der Waals surface area contributed by atoms with Crippen molar-refractivity contribution in [3.63, 3.8) is 0 Å². The number of nitrogens with zero attached hydrogens (tertiary/aromatic N) is 2. The molecule has 1 aromatic rings. The van der Waals surface area contributed by atoms with Crippen molar-refractivity contribution in [3.05, 3.63) is 33.7 Å². The van der Waals surface area contributed by atoms with Gasteiger partial charge >= 0.3 is 5.97 Å². The van der Waals surface area contributed by atoms with Gasteiger partial charge in [-0.25, -0.2) is 4.79 Å². The molecular formula is C25H34N2O4S. The van der Waals surface area contributed by atoms with Crippen molar-refractivity contribution >= 4 is 40.6 Å². The summed E-state index contributed by atoms with van der Waals surface area (Å²) in [6.45, 7) is 15.5. The number of hydrogen-bond acceptors (Lipinski definition) is 6. The van der Waals surface area contributed by atoms with Crippen LogP contribution in [-0.4, -0.2) is 46.7 Å². The van der Waals surface area contributed by atoms with Crippen molar-refractivity contribution in [2.45, 2.75) is 78.8 Å². The Labute approximate surface area is 195 Å². The highest BCUT2D eigenvalue weighted by Gasteiger charge is 2.42. The lowest BCUT2D eigenvalue weighted by Gasteiger charge is -2.48. The van der Waals surface area contributed by atoms with E-state index in [2.05, 4.69) is 44.7 Å². The van der Waals surface area contributed by atoms with Crippen LogP contribution in [0.15, 0.2) is 17.0 Å². The predicted octanol–water partition coefficient (Wildman–Crippen LogP) is 5.49. The molecule has 0 spiro atoms. The summed E-state index contributed by atoms with van der Waals surface area (Å²) in [7, 11) is 0. The molecule has 2 heterocycles. The fraction of sp³-hybridized carbons (Fsp3) is 0.560. The molecule has 174 valence electrons. The van der Waals surface area contributed by atoms with Crippen molar-refractivity contribution in [3.8, 4) is 0 Å². The summed E-state index contributed by atoms with van der Waals surface area (Å²) in [6.07, 6.45) is 3.91. The SMILES string of the molecule is CCCN1c2cc(C)c(/C=C3\SC(=O)N(C(C)C(=O)OCC)C3=O)cc2C(C)CC1(C)C. The minimum absolute atomic E-state index is 0.0856. The van der Waals surface area contributed by atoms with Crippen molar-refractivity contribution in [1.82, 2.24) is 4.90 Å². The number of anilines is 1. The zero-order valence-electron chi connectivity index (χ0n) is 20.2. The third kappa shape index (κ3) is 4.45. The van der Waals surface area contributed by atoms with Gasteiger partial charge in [-0.2, -0.15) is 0 Å². The van der Waals surface area contributed by atoms with Crippen LogP contribution in [0.4, 0.5) is 10.5 Å². The van der Waals surface area contributed by atoms with E-state index in [9.17, 15) is 14.4 Å². The number of amides is 2. The van der Waals surface area contributed by atoms with Crippen molar-refractivity contribution in [1.29, 1.82) is 0 Å². The lowest BCUT2D eigenvalue weighted by molar-refractivity contribution is -0.150. The molecule has 1 fully saturated rings. The van der Waals surface area contributed by atoms with E-state index in [4.69, 9.17) is 4.74 Å². The number of rotatable bonds is 6. The van der Waals surface area contributed by atoms with Gasteiger partial charge in [0.15, 0.2) is 0 Å². The molecule has 6 nitrogen and oxygen atoms in total. The van der Waals surface area contributed by atoms with E-state index in [0.29, 0.717) is 10.8 Å². The first kappa shape index (κ1) is 24.4. The number of imide groups is 1. The number of carbonyl (C=O) groups excluding carboxylic acids is 3. The van der Waals surface area contributed by atoms with Gasteiger partial charge < -0.3 is 9.64 Å². The average molecular weight is 459 g/mol. The standard InChI is InChI=1S/C25H34N2O4S/c1-8-10-26-20-11-15(3)18(12-19(20)16(4)14-25(26,6)7)13-21-22(28)27(24(30)32-21)17(5)23(29)31-9-2/h11-13,16-17H,8-10,14H2,1-7H3/b21-13-. The Bertz CT molecular complexity index is 969. The summed E-state index contributed by atoms with van der Waals surface area (Å²) in [5.74, 6) is -0.632. The Morgan fingerprint density at radius 2 is 2.00 bits per heavy atom. The van der Waals surface area contributed by atoms with E-state index < -0.39 is 23.2 Å². The van der Waals surface area contributed by atoms with Crippen LogP contribution in [0.1, 0.15) is 77.0 Å². The average Bonchev–Trinajstić information content (AvgIpc) is 2.98. The van der Waals surface area contributed by atoms with Crippen molar-refractivity contribution in [2.24, 2.45) is 0 Å². The summed E-state index contributed by atoms with van der Waals surface area (Å²) < 4.78 is 4.99. The first-order chi connectivity index (χ1) is 15.0. The topological polar surface area (TPSA) is 66.9 Å². The van der Waals surface area contributed by atoms with Crippen LogP contribution >= 0.6 is 11.8 Å². The van der Waals surface area contributed by atoms with Crippen LogP contribution in [-0.2, 0) is 14.3 Å². The predicted molar refractivity (Wildman–Crippen MR) is 130 cm³/mol. The highest BCUT2D eigenvalue weighted by Crippen LogP contribution is 2.45. The summed E-state index contributed by atoms with van der Waals surface area (Å²) in [4.78, 5) is 41.4. The molecule has 0 N–H and O–H groups in total. The van der Waals surface area contributed by atoms with Crippen LogP contribution < -0.4 is 4.90 Å². The Hall–Kier alpha value is -2.28. The Morgan fingerprint density at radius 3 is 2.62 bits per heavy atom. The van der Waals surface area contributed by atoms with Gasteiger partial charge in [0.05, 0.1) is 11.5 Å². The molecule has 2 atom stereocenters. The Balaban J connectivity index is 1.97. The second-order valence-corrected chi connectivity index (χ2v) is 10.3. The van der Waals surface area contributed by atoms with E-state index in [1.165, 1.54) is 18.2 Å². The van der Waals surface area contributed by atoms with Crippen molar-refractivity contribution in [2.75, 3.05) is 18.1 Å². The van der Waals surface area contributed by atoms with E-state index in [-0.39, 0.29) is 12.1 Å². The highest BCUT2D eigenvalue weighted by molar-refractivity contribution is 8.18. The maximum Gasteiger partial charge on any atom is 0.329 e. The zero-order chi connectivity index (χ0) is 23.8. The number of ether oxygens (including phenoxy) is 1. The van der Waals surface area contributed by atoms with E-state index >= 15 is 0 Å². The van der Waals surface area contributed by atoms with Crippen LogP contribution in [0.5, 0.6) is 0 Å². The van der Waals surface area contributed by atoms with Crippen LogP contribution in [0, 0.1) is 6.92 Å². The minimum atomic E-state index is -0.942. The number of hydrogen-bond donors (Lipinski definition) is 0. The molecule has 32 heavy (non-hydrogen) atoms. The quantitative estimate of drug-likeness (QED) is 0.415. The maximum atomic E-state index is 13.0. The fourth-order valence-electron chi connectivity index (χ4n) is 4.78. The highest BCUT2D eigenvalue weighted by atomic mass is 32.2. The maximum absolute atomic E-state index is 13.0. The number of benzene rings is 1. The molecule has 0 bridgehead atoms. The number of carbonyl (C=O) groups is 3. The molecule has 2 aliphatic rings. The van der Waals surface area contributed by atoms with Gasteiger partial charge in [0.2, 0.25) is 0 Å². The molecule has 2 aliphatic heterocycles. The zero-order valence-corrected chi connectivity index (χ0v) is 21.0. The van der Waals surface area contributed by atoms with Gasteiger partial charge in [0.1, 0.15) is 6.04 Å². The normalized spacial score (nSPS) is 22.3. The second kappa shape index (κ2) is 9.30. The fourth-order valence-corrected chi connectivity index (χ4v) is 5.68. The molecule has 0 saturated carbocycles. The lowest BCUT2D eigenvalue weighted by Crippen LogP contribution is -2.48. The third-order valence-electron chi connectivity index (χ3n) is 6.35. The van der Waals surface area contributed by atoms with E-state index in [0.717, 1.165) is 47.2 Å². The van der Waals surface area contributed by atoms with Gasteiger partial charge in [-0.3, -0.25) is 14.5 Å². The molecule has 2 amide bonds. The second-order valence-electron chi connectivity index (χ2n) is 9.32. The number of esters is 1. The number of fused-ring (bicyclic) bond motifs is 1. The van der Waals surface area contributed by atoms with E-state index in [1.54, 1.807) is 13.0 Å². The first-order valence-corrected chi connectivity index (χ1v) is 12.2. The molecule has 0 aliphatic carbocycles.